The molecule has 134 valence electrons. The highest BCUT2D eigenvalue weighted by Crippen LogP contribution is 2.28. The molecule has 1 aliphatic rings. The second-order valence-electron chi connectivity index (χ2n) is 6.09. The third-order valence-corrected chi connectivity index (χ3v) is 4.26. The predicted molar refractivity (Wildman–Crippen MR) is 96.0 cm³/mol. The van der Waals surface area contributed by atoms with E-state index in [0.717, 1.165) is 6.20 Å². The average Bonchev–Trinajstić information content (AvgIpc) is 3.15. The smallest absolute Gasteiger partial charge is 0.230 e. The largest absolute Gasteiger partial charge is 0.309 e. The fraction of sp³-hybridized carbons (Fsp3) is 0.444. The first-order valence-electron chi connectivity index (χ1n) is 8.26. The second kappa shape index (κ2) is 8.00. The number of carbonyl (C=O) groups excluding carboxylic acids is 2. The Hall–Kier alpha value is -2.57. The van der Waals surface area contributed by atoms with Gasteiger partial charge < -0.3 is 4.90 Å². The summed E-state index contributed by atoms with van der Waals surface area (Å²) in [4.78, 5) is 29.2. The van der Waals surface area contributed by atoms with Crippen molar-refractivity contribution in [2.75, 3.05) is 11.4 Å². The minimum absolute atomic E-state index is 0.0560. The summed E-state index contributed by atoms with van der Waals surface area (Å²) in [5, 5.41) is 4.36. The van der Waals surface area contributed by atoms with Gasteiger partial charge in [-0.25, -0.2) is 9.07 Å². The van der Waals surface area contributed by atoms with Gasteiger partial charge in [-0.3, -0.25) is 14.6 Å². The number of carbonyl (C=O) groups is 2. The van der Waals surface area contributed by atoms with Crippen LogP contribution in [0.15, 0.2) is 29.3 Å². The van der Waals surface area contributed by atoms with E-state index in [1.54, 1.807) is 24.9 Å². The summed E-state index contributed by atoms with van der Waals surface area (Å²) in [6.07, 6.45) is 5.39. The van der Waals surface area contributed by atoms with Crippen LogP contribution in [0.3, 0.4) is 0 Å². The number of anilines is 1. The Bertz CT molecular complexity index is 748. The van der Waals surface area contributed by atoms with Crippen LogP contribution in [0.1, 0.15) is 38.8 Å². The van der Waals surface area contributed by atoms with Gasteiger partial charge in [0, 0.05) is 31.0 Å². The lowest BCUT2D eigenvalue weighted by Gasteiger charge is -2.23. The van der Waals surface area contributed by atoms with Gasteiger partial charge in [0.15, 0.2) is 0 Å². The summed E-state index contributed by atoms with van der Waals surface area (Å²) in [5.41, 5.74) is 1.88. The van der Waals surface area contributed by atoms with E-state index in [4.69, 9.17) is 0 Å². The lowest BCUT2D eigenvalue weighted by Crippen LogP contribution is -2.35. The van der Waals surface area contributed by atoms with Crippen molar-refractivity contribution in [2.45, 2.75) is 40.0 Å². The van der Waals surface area contributed by atoms with E-state index in [2.05, 4.69) is 16.8 Å². The number of rotatable bonds is 6. The van der Waals surface area contributed by atoms with E-state index in [-0.39, 0.29) is 17.6 Å². The van der Waals surface area contributed by atoms with Crippen LogP contribution >= 0.6 is 0 Å². The molecule has 0 saturated heterocycles. The lowest BCUT2D eigenvalue weighted by molar-refractivity contribution is -0.124. The number of amides is 1. The van der Waals surface area contributed by atoms with Crippen molar-refractivity contribution in [1.82, 2.24) is 9.78 Å². The third-order valence-electron chi connectivity index (χ3n) is 4.26. The normalized spacial score (nSPS) is 18.6. The Morgan fingerprint density at radius 3 is 2.88 bits per heavy atom. The van der Waals surface area contributed by atoms with Crippen LogP contribution in [0.2, 0.25) is 0 Å². The van der Waals surface area contributed by atoms with Crippen molar-refractivity contribution >= 4 is 29.8 Å². The first-order valence-corrected chi connectivity index (χ1v) is 8.26. The molecule has 1 unspecified atom stereocenters. The van der Waals surface area contributed by atoms with Crippen LogP contribution in [0.4, 0.5) is 10.1 Å². The molecule has 0 spiro atoms. The number of aromatic nitrogens is 2. The van der Waals surface area contributed by atoms with Gasteiger partial charge >= 0.3 is 0 Å². The predicted octanol–water partition coefficient (Wildman–Crippen LogP) is 3.29. The van der Waals surface area contributed by atoms with E-state index >= 15 is 0 Å². The summed E-state index contributed by atoms with van der Waals surface area (Å²) in [7, 11) is 0. The number of aliphatic imine (C=N–C) groups is 1. The van der Waals surface area contributed by atoms with Crippen LogP contribution in [-0.4, -0.2) is 34.7 Å². The maximum atomic E-state index is 13.6. The third kappa shape index (κ3) is 4.29. The van der Waals surface area contributed by atoms with Crippen molar-refractivity contribution < 1.29 is 14.0 Å². The first kappa shape index (κ1) is 18.8. The molecule has 2 rings (SSSR count). The topological polar surface area (TPSA) is 67.6 Å². The minimum Gasteiger partial charge on any atom is -0.309 e. The molecule has 1 amide bonds. The lowest BCUT2D eigenvalue weighted by atomic mass is 10.1. The summed E-state index contributed by atoms with van der Waals surface area (Å²) in [5.74, 6) is -0.709. The summed E-state index contributed by atoms with van der Waals surface area (Å²) < 4.78 is 15.1. The zero-order valence-electron chi connectivity index (χ0n) is 14.8. The van der Waals surface area contributed by atoms with Gasteiger partial charge in [-0.05, 0) is 40.0 Å². The van der Waals surface area contributed by atoms with Crippen LogP contribution in [-0.2, 0) is 9.59 Å². The molecular weight excluding hydrogens is 323 g/mol. The zero-order valence-corrected chi connectivity index (χ0v) is 14.8. The van der Waals surface area contributed by atoms with Gasteiger partial charge in [0.1, 0.15) is 11.6 Å². The number of hydrogen-bond donors (Lipinski definition) is 0. The maximum Gasteiger partial charge on any atom is 0.230 e. The molecule has 0 radical (unpaired) electrons. The highest BCUT2D eigenvalue weighted by molar-refractivity contribution is 5.99. The van der Waals surface area contributed by atoms with Crippen molar-refractivity contribution in [3.8, 4) is 0 Å². The zero-order chi connectivity index (χ0) is 18.6. The molecule has 25 heavy (non-hydrogen) atoms. The fourth-order valence-corrected chi connectivity index (χ4v) is 2.98. The van der Waals surface area contributed by atoms with Crippen molar-refractivity contribution in [3.63, 3.8) is 0 Å². The Kier molecular flexibility index (Phi) is 6.01. The van der Waals surface area contributed by atoms with E-state index in [9.17, 15) is 14.0 Å². The molecule has 6 nitrogen and oxygen atoms in total. The maximum absolute atomic E-state index is 13.6. The standard InChI is InChI=1S/C18H23FN4O2/c1-5-22(18(25)14-6-7-16(24)9-14)17-11-23(21-13(17)3)12(2)8-15(19)10-20-4/h8,10-11,14H,4-7,9H2,1-3H3/b12-8+,15-10+. The van der Waals surface area contributed by atoms with Gasteiger partial charge in [0.05, 0.1) is 23.8 Å². The Balaban J connectivity index is 2.28. The van der Waals surface area contributed by atoms with Gasteiger partial charge in [0.2, 0.25) is 5.91 Å². The summed E-state index contributed by atoms with van der Waals surface area (Å²) >= 11 is 0. The van der Waals surface area contributed by atoms with Gasteiger partial charge in [-0.2, -0.15) is 5.10 Å². The molecule has 0 aromatic carbocycles. The van der Waals surface area contributed by atoms with Gasteiger partial charge in [-0.1, -0.05) is 0 Å². The average molecular weight is 346 g/mol. The second-order valence-corrected chi connectivity index (χ2v) is 6.09. The molecule has 1 heterocycles. The molecule has 1 atom stereocenters. The minimum atomic E-state index is -0.532. The molecular formula is C18H23FN4O2. The monoisotopic (exact) mass is 346 g/mol. The molecule has 0 bridgehead atoms. The van der Waals surface area contributed by atoms with E-state index in [1.165, 1.54) is 10.8 Å². The number of Topliss-reactive ketones (excluding diaryl/α,β-unsaturated/α-hetero) is 1. The number of hydrogen-bond acceptors (Lipinski definition) is 4. The number of halogens is 1. The highest BCUT2D eigenvalue weighted by Gasteiger charge is 2.32. The van der Waals surface area contributed by atoms with Crippen LogP contribution in [0, 0.1) is 12.8 Å². The molecule has 0 N–H and O–H groups in total. The van der Waals surface area contributed by atoms with Crippen molar-refractivity contribution in [2.24, 2.45) is 10.9 Å². The van der Waals surface area contributed by atoms with Crippen molar-refractivity contribution in [3.05, 3.63) is 30.0 Å². The molecule has 7 heteroatoms. The highest BCUT2D eigenvalue weighted by atomic mass is 19.1. The molecule has 1 aliphatic carbocycles. The fourth-order valence-electron chi connectivity index (χ4n) is 2.98. The number of ketones is 1. The molecule has 0 aliphatic heterocycles. The first-order chi connectivity index (χ1) is 11.9. The van der Waals surface area contributed by atoms with E-state index in [1.807, 2.05) is 6.92 Å². The Morgan fingerprint density at radius 1 is 1.60 bits per heavy atom. The summed E-state index contributed by atoms with van der Waals surface area (Å²) in [6.45, 7) is 9.08. The number of aryl methyl sites for hydroxylation is 1. The molecule has 1 aromatic rings. The number of nitrogens with zero attached hydrogens (tertiary/aromatic N) is 4. The molecule has 1 fully saturated rings. The Morgan fingerprint density at radius 2 is 2.32 bits per heavy atom. The van der Waals surface area contributed by atoms with Crippen molar-refractivity contribution in [1.29, 1.82) is 0 Å². The van der Waals surface area contributed by atoms with Crippen LogP contribution in [0.5, 0.6) is 0 Å². The molecule has 1 aromatic heterocycles. The number of allylic oxidation sites excluding steroid dienone is 3. The van der Waals surface area contributed by atoms with Gasteiger partial charge in [-0.15, -0.1) is 0 Å². The molecule has 1 saturated carbocycles. The SMILES string of the molecule is C=N/C=C(F)\C=C(/C)n1cc(N(CC)C(=O)C2CCC(=O)C2)c(C)n1. The van der Waals surface area contributed by atoms with Crippen LogP contribution < -0.4 is 4.90 Å². The summed E-state index contributed by atoms with van der Waals surface area (Å²) in [6, 6.07) is 0. The van der Waals surface area contributed by atoms with E-state index < -0.39 is 5.83 Å². The quantitative estimate of drug-likeness (QED) is 0.586. The Labute approximate surface area is 146 Å². The van der Waals surface area contributed by atoms with Gasteiger partial charge in [0.25, 0.3) is 0 Å². The van der Waals surface area contributed by atoms with E-state index in [0.29, 0.717) is 42.9 Å². The van der Waals surface area contributed by atoms with Crippen LogP contribution in [0.25, 0.3) is 5.70 Å².